The second-order valence-electron chi connectivity index (χ2n) is 6.10. The van der Waals surface area contributed by atoms with Crippen molar-refractivity contribution < 1.29 is 0 Å². The van der Waals surface area contributed by atoms with E-state index < -0.39 is 0 Å². The van der Waals surface area contributed by atoms with Crippen LogP contribution < -0.4 is 5.32 Å². The predicted molar refractivity (Wildman–Crippen MR) is 86.9 cm³/mol. The first-order chi connectivity index (χ1) is 10.2. The number of anilines is 1. The Kier molecular flexibility index (Phi) is 4.25. The van der Waals surface area contributed by atoms with Gasteiger partial charge in [0, 0.05) is 30.7 Å². The van der Waals surface area contributed by atoms with E-state index in [2.05, 4.69) is 53.6 Å². The van der Waals surface area contributed by atoms with Crippen LogP contribution in [0.1, 0.15) is 19.8 Å². The number of hydrogen-bond donors (Lipinski definition) is 1. The fourth-order valence-corrected chi connectivity index (χ4v) is 3.15. The minimum absolute atomic E-state index is 0.487. The third-order valence-electron chi connectivity index (χ3n) is 4.38. The van der Waals surface area contributed by atoms with Gasteiger partial charge in [0.05, 0.1) is 5.69 Å². The Morgan fingerprint density at radius 3 is 3.00 bits per heavy atom. The number of piperidine rings is 1. The van der Waals surface area contributed by atoms with Crippen LogP contribution in [0.5, 0.6) is 0 Å². The van der Waals surface area contributed by atoms with Crippen molar-refractivity contribution in [2.45, 2.75) is 25.8 Å². The van der Waals surface area contributed by atoms with Gasteiger partial charge in [-0.25, -0.2) is 4.68 Å². The number of nitrogens with one attached hydrogen (secondary N) is 1. The van der Waals surface area contributed by atoms with Crippen molar-refractivity contribution in [3.63, 3.8) is 0 Å². The zero-order valence-corrected chi connectivity index (χ0v) is 12.9. The number of benzene rings is 1. The highest BCUT2D eigenvalue weighted by atomic mass is 15.3. The lowest BCUT2D eigenvalue weighted by atomic mass is 9.92. The first kappa shape index (κ1) is 14.1. The normalized spacial score (nSPS) is 21.1. The summed E-state index contributed by atoms with van der Waals surface area (Å²) in [4.78, 5) is 2.44. The second kappa shape index (κ2) is 6.31. The Balaban J connectivity index is 1.68. The highest BCUT2D eigenvalue weighted by Crippen LogP contribution is 2.22. The number of rotatable bonds is 4. The average Bonchev–Trinajstić information content (AvgIpc) is 3.02. The van der Waals surface area contributed by atoms with Crippen LogP contribution in [0.3, 0.4) is 0 Å². The van der Waals surface area contributed by atoms with Crippen LogP contribution in [0.2, 0.25) is 0 Å². The van der Waals surface area contributed by atoms with Crippen LogP contribution >= 0.6 is 0 Å². The molecule has 0 saturated carbocycles. The smallest absolute Gasteiger partial charge is 0.0666 e. The van der Waals surface area contributed by atoms with Crippen LogP contribution in [0.25, 0.3) is 5.69 Å². The minimum Gasteiger partial charge on any atom is -0.382 e. The molecule has 1 aromatic heterocycles. The molecule has 1 N–H and O–H groups in total. The summed E-state index contributed by atoms with van der Waals surface area (Å²) in [6, 6.07) is 10.9. The molecule has 1 aliphatic heterocycles. The van der Waals surface area contributed by atoms with Gasteiger partial charge in [-0.2, -0.15) is 5.10 Å². The minimum atomic E-state index is 0.487. The molecule has 0 aliphatic carbocycles. The van der Waals surface area contributed by atoms with Crippen molar-refractivity contribution >= 4 is 5.69 Å². The summed E-state index contributed by atoms with van der Waals surface area (Å²) < 4.78 is 1.89. The Bertz CT molecular complexity index is 564. The predicted octanol–water partition coefficient (Wildman–Crippen LogP) is 3.01. The van der Waals surface area contributed by atoms with Crippen LogP contribution in [-0.2, 0) is 0 Å². The highest BCUT2D eigenvalue weighted by Gasteiger charge is 2.22. The molecule has 2 aromatic rings. The summed E-state index contributed by atoms with van der Waals surface area (Å²) in [7, 11) is 2.22. The van der Waals surface area contributed by atoms with E-state index in [-0.39, 0.29) is 0 Å². The van der Waals surface area contributed by atoms with E-state index in [1.165, 1.54) is 31.6 Å². The van der Waals surface area contributed by atoms with Gasteiger partial charge >= 0.3 is 0 Å². The quantitative estimate of drug-likeness (QED) is 0.937. The maximum absolute atomic E-state index is 4.29. The van der Waals surface area contributed by atoms with Gasteiger partial charge in [-0.15, -0.1) is 0 Å². The molecular weight excluding hydrogens is 260 g/mol. The molecular formula is C17H24N4. The molecule has 0 bridgehead atoms. The van der Waals surface area contributed by atoms with E-state index in [0.717, 1.165) is 11.6 Å². The standard InChI is InChI=1S/C17H24N4/c1-14(15-6-4-10-20(2)13-15)19-16-7-3-8-17(12-16)21-11-5-9-18-21/h3,5,7-9,11-12,14-15,19H,4,6,10,13H2,1-2H3. The summed E-state index contributed by atoms with van der Waals surface area (Å²) >= 11 is 0. The highest BCUT2D eigenvalue weighted by molar-refractivity contribution is 5.51. The number of aromatic nitrogens is 2. The average molecular weight is 284 g/mol. The molecule has 1 fully saturated rings. The van der Waals surface area contributed by atoms with Gasteiger partial charge in [0.25, 0.3) is 0 Å². The molecule has 21 heavy (non-hydrogen) atoms. The first-order valence-corrected chi connectivity index (χ1v) is 7.77. The summed E-state index contributed by atoms with van der Waals surface area (Å²) in [6.45, 7) is 4.72. The van der Waals surface area contributed by atoms with Crippen LogP contribution in [0, 0.1) is 5.92 Å². The molecule has 4 nitrogen and oxygen atoms in total. The Labute approximate surface area is 126 Å². The summed E-state index contributed by atoms with van der Waals surface area (Å²) in [5, 5.41) is 7.96. The molecule has 2 unspecified atom stereocenters. The maximum atomic E-state index is 4.29. The summed E-state index contributed by atoms with van der Waals surface area (Å²) in [6.07, 6.45) is 6.40. The van der Waals surface area contributed by atoms with E-state index in [4.69, 9.17) is 0 Å². The monoisotopic (exact) mass is 284 g/mol. The van der Waals surface area contributed by atoms with Crippen LogP contribution in [0.15, 0.2) is 42.7 Å². The topological polar surface area (TPSA) is 33.1 Å². The van der Waals surface area contributed by atoms with Crippen molar-refractivity contribution in [3.05, 3.63) is 42.7 Å². The lowest BCUT2D eigenvalue weighted by Crippen LogP contribution is -2.39. The molecule has 1 saturated heterocycles. The molecule has 112 valence electrons. The fraction of sp³-hybridized carbons (Fsp3) is 0.471. The van der Waals surface area contributed by atoms with Crippen molar-refractivity contribution in [1.82, 2.24) is 14.7 Å². The SMILES string of the molecule is CC(Nc1cccc(-n2cccn2)c1)C1CCCN(C)C1. The van der Waals surface area contributed by atoms with Gasteiger partial charge in [0.15, 0.2) is 0 Å². The van der Waals surface area contributed by atoms with Crippen molar-refractivity contribution in [2.75, 3.05) is 25.5 Å². The third kappa shape index (κ3) is 3.45. The van der Waals surface area contributed by atoms with E-state index in [9.17, 15) is 0 Å². The lowest BCUT2D eigenvalue weighted by Gasteiger charge is -2.34. The Morgan fingerprint density at radius 1 is 1.33 bits per heavy atom. The van der Waals surface area contributed by atoms with E-state index in [0.29, 0.717) is 6.04 Å². The van der Waals surface area contributed by atoms with E-state index in [1.807, 2.05) is 16.9 Å². The van der Waals surface area contributed by atoms with E-state index >= 15 is 0 Å². The van der Waals surface area contributed by atoms with Crippen LogP contribution in [-0.4, -0.2) is 40.9 Å². The fourth-order valence-electron chi connectivity index (χ4n) is 3.15. The molecule has 0 amide bonds. The Morgan fingerprint density at radius 2 is 2.24 bits per heavy atom. The van der Waals surface area contributed by atoms with Gasteiger partial charge in [0.2, 0.25) is 0 Å². The second-order valence-corrected chi connectivity index (χ2v) is 6.10. The molecule has 0 spiro atoms. The zero-order chi connectivity index (χ0) is 14.7. The largest absolute Gasteiger partial charge is 0.382 e. The molecule has 0 radical (unpaired) electrons. The van der Waals surface area contributed by atoms with Gasteiger partial charge < -0.3 is 10.2 Å². The van der Waals surface area contributed by atoms with Crippen molar-refractivity contribution in [3.8, 4) is 5.69 Å². The number of nitrogens with zero attached hydrogens (tertiary/aromatic N) is 3. The third-order valence-corrected chi connectivity index (χ3v) is 4.38. The van der Waals surface area contributed by atoms with Gasteiger partial charge in [-0.3, -0.25) is 0 Å². The molecule has 2 heterocycles. The number of likely N-dealkylation sites (tertiary alicyclic amines) is 1. The van der Waals surface area contributed by atoms with E-state index in [1.54, 1.807) is 6.20 Å². The molecule has 1 aliphatic rings. The zero-order valence-electron chi connectivity index (χ0n) is 12.9. The lowest BCUT2D eigenvalue weighted by molar-refractivity contribution is 0.197. The summed E-state index contributed by atoms with van der Waals surface area (Å²) in [5.41, 5.74) is 2.27. The summed E-state index contributed by atoms with van der Waals surface area (Å²) in [5.74, 6) is 0.720. The molecule has 4 heteroatoms. The van der Waals surface area contributed by atoms with Crippen molar-refractivity contribution in [2.24, 2.45) is 5.92 Å². The van der Waals surface area contributed by atoms with Gasteiger partial charge in [-0.05, 0) is 63.5 Å². The van der Waals surface area contributed by atoms with Gasteiger partial charge in [0.1, 0.15) is 0 Å². The first-order valence-electron chi connectivity index (χ1n) is 7.77. The van der Waals surface area contributed by atoms with Crippen LogP contribution in [0.4, 0.5) is 5.69 Å². The Hall–Kier alpha value is -1.81. The number of hydrogen-bond acceptors (Lipinski definition) is 3. The van der Waals surface area contributed by atoms with Crippen molar-refractivity contribution in [1.29, 1.82) is 0 Å². The molecule has 1 aromatic carbocycles. The molecule has 2 atom stereocenters. The van der Waals surface area contributed by atoms with Gasteiger partial charge in [-0.1, -0.05) is 6.07 Å². The maximum Gasteiger partial charge on any atom is 0.0666 e. The molecule has 3 rings (SSSR count).